The molecule has 0 amide bonds. The number of hydrogen-bond acceptors (Lipinski definition) is 4. The fraction of sp³-hybridized carbons (Fsp3) is 0.286. The Morgan fingerprint density at radius 2 is 2.21 bits per heavy atom. The lowest BCUT2D eigenvalue weighted by Gasteiger charge is -2.07. The standard InChI is InChI=1S/C14H15N3OS/c1-11-9-14(17(2)16-11)19-8-7-18-13-6-4-3-5-12(13)10-15/h3-6,9H,7-8H2,1-2H3. The minimum atomic E-state index is 0.563. The molecule has 0 aliphatic rings. The smallest absolute Gasteiger partial charge is 0.137 e. The second-order valence-electron chi connectivity index (χ2n) is 4.05. The molecule has 0 spiro atoms. The fourth-order valence-corrected chi connectivity index (χ4v) is 2.56. The number of para-hydroxylation sites is 1. The summed E-state index contributed by atoms with van der Waals surface area (Å²) in [5.41, 5.74) is 1.59. The van der Waals surface area contributed by atoms with Gasteiger partial charge in [-0.2, -0.15) is 10.4 Å². The van der Waals surface area contributed by atoms with Gasteiger partial charge in [-0.05, 0) is 25.1 Å². The summed E-state index contributed by atoms with van der Waals surface area (Å²) in [7, 11) is 1.93. The lowest BCUT2D eigenvalue weighted by atomic mass is 10.2. The first kappa shape index (κ1) is 13.5. The molecule has 2 aromatic rings. The van der Waals surface area contributed by atoms with Gasteiger partial charge < -0.3 is 4.74 Å². The summed E-state index contributed by atoms with van der Waals surface area (Å²) in [5, 5.41) is 14.4. The highest BCUT2D eigenvalue weighted by atomic mass is 32.2. The molecular weight excluding hydrogens is 258 g/mol. The van der Waals surface area contributed by atoms with Crippen LogP contribution in [-0.4, -0.2) is 22.1 Å². The minimum Gasteiger partial charge on any atom is -0.491 e. The summed E-state index contributed by atoms with van der Waals surface area (Å²) in [6.45, 7) is 2.54. The van der Waals surface area contributed by atoms with Crippen molar-refractivity contribution in [2.75, 3.05) is 12.4 Å². The van der Waals surface area contributed by atoms with Crippen LogP contribution in [0.3, 0.4) is 0 Å². The van der Waals surface area contributed by atoms with E-state index in [-0.39, 0.29) is 0 Å². The molecule has 98 valence electrons. The quantitative estimate of drug-likeness (QED) is 0.621. The Morgan fingerprint density at radius 3 is 2.89 bits per heavy atom. The van der Waals surface area contributed by atoms with Gasteiger partial charge in [-0.1, -0.05) is 12.1 Å². The highest BCUT2D eigenvalue weighted by Crippen LogP contribution is 2.20. The normalized spacial score (nSPS) is 10.2. The van der Waals surface area contributed by atoms with Gasteiger partial charge in [-0.15, -0.1) is 11.8 Å². The van der Waals surface area contributed by atoms with Crippen molar-refractivity contribution in [2.45, 2.75) is 11.9 Å². The van der Waals surface area contributed by atoms with Gasteiger partial charge in [0.15, 0.2) is 0 Å². The molecule has 0 aliphatic carbocycles. The molecule has 0 bridgehead atoms. The average molecular weight is 273 g/mol. The molecule has 1 heterocycles. The number of hydrogen-bond donors (Lipinski definition) is 0. The second-order valence-corrected chi connectivity index (χ2v) is 5.17. The van der Waals surface area contributed by atoms with Gasteiger partial charge in [0.1, 0.15) is 11.8 Å². The molecule has 0 unspecified atom stereocenters. The van der Waals surface area contributed by atoms with Crippen LogP contribution in [0.4, 0.5) is 0 Å². The maximum Gasteiger partial charge on any atom is 0.137 e. The van der Waals surface area contributed by atoms with E-state index in [9.17, 15) is 0 Å². The van der Waals surface area contributed by atoms with Gasteiger partial charge in [0.25, 0.3) is 0 Å². The lowest BCUT2D eigenvalue weighted by Crippen LogP contribution is -2.02. The first-order valence-corrected chi connectivity index (χ1v) is 6.94. The predicted octanol–water partition coefficient (Wildman–Crippen LogP) is 2.77. The lowest BCUT2D eigenvalue weighted by molar-refractivity contribution is 0.343. The van der Waals surface area contributed by atoms with Crippen LogP contribution in [0.25, 0.3) is 0 Å². The van der Waals surface area contributed by atoms with Gasteiger partial charge in [-0.25, -0.2) is 0 Å². The van der Waals surface area contributed by atoms with Crippen molar-refractivity contribution < 1.29 is 4.74 Å². The molecule has 4 nitrogen and oxygen atoms in total. The summed E-state index contributed by atoms with van der Waals surface area (Å²) >= 11 is 1.69. The number of benzene rings is 1. The first-order chi connectivity index (χ1) is 9.20. The van der Waals surface area contributed by atoms with Gasteiger partial charge >= 0.3 is 0 Å². The molecule has 0 atom stereocenters. The fourth-order valence-electron chi connectivity index (χ4n) is 1.70. The number of thioether (sulfide) groups is 1. The predicted molar refractivity (Wildman–Crippen MR) is 75.3 cm³/mol. The van der Waals surface area contributed by atoms with E-state index in [4.69, 9.17) is 10.00 Å². The van der Waals surface area contributed by atoms with Crippen molar-refractivity contribution in [3.8, 4) is 11.8 Å². The van der Waals surface area contributed by atoms with Crippen LogP contribution in [0.1, 0.15) is 11.3 Å². The largest absolute Gasteiger partial charge is 0.491 e. The van der Waals surface area contributed by atoms with E-state index in [1.54, 1.807) is 17.8 Å². The molecule has 0 aliphatic heterocycles. The maximum absolute atomic E-state index is 8.95. The summed E-state index contributed by atoms with van der Waals surface area (Å²) in [6, 6.07) is 11.4. The van der Waals surface area contributed by atoms with Crippen molar-refractivity contribution in [2.24, 2.45) is 7.05 Å². The highest BCUT2D eigenvalue weighted by Gasteiger charge is 2.04. The van der Waals surface area contributed by atoms with Crippen LogP contribution < -0.4 is 4.74 Å². The van der Waals surface area contributed by atoms with Crippen molar-refractivity contribution >= 4 is 11.8 Å². The van der Waals surface area contributed by atoms with Crippen LogP contribution in [0.5, 0.6) is 5.75 Å². The van der Waals surface area contributed by atoms with E-state index in [0.29, 0.717) is 17.9 Å². The van der Waals surface area contributed by atoms with Gasteiger partial charge in [0, 0.05) is 12.8 Å². The maximum atomic E-state index is 8.95. The van der Waals surface area contributed by atoms with Crippen LogP contribution in [0, 0.1) is 18.3 Å². The monoisotopic (exact) mass is 273 g/mol. The Hall–Kier alpha value is -1.93. The summed E-state index contributed by atoms with van der Waals surface area (Å²) in [4.78, 5) is 0. The third kappa shape index (κ3) is 3.52. The van der Waals surface area contributed by atoms with Gasteiger partial charge in [0.05, 0.1) is 22.9 Å². The molecule has 1 aromatic carbocycles. The van der Waals surface area contributed by atoms with Crippen molar-refractivity contribution in [3.63, 3.8) is 0 Å². The van der Waals surface area contributed by atoms with E-state index in [0.717, 1.165) is 16.5 Å². The SMILES string of the molecule is Cc1cc(SCCOc2ccccc2C#N)n(C)n1. The third-order valence-electron chi connectivity index (χ3n) is 2.56. The molecule has 1 aromatic heterocycles. The number of aromatic nitrogens is 2. The topological polar surface area (TPSA) is 50.8 Å². The molecular formula is C14H15N3OS. The number of aryl methyl sites for hydroxylation is 2. The van der Waals surface area contributed by atoms with Crippen LogP contribution in [-0.2, 0) is 7.05 Å². The minimum absolute atomic E-state index is 0.563. The molecule has 0 fully saturated rings. The van der Waals surface area contributed by atoms with Crippen molar-refractivity contribution in [1.82, 2.24) is 9.78 Å². The Morgan fingerprint density at radius 1 is 1.42 bits per heavy atom. The molecule has 5 heteroatoms. The molecule has 0 saturated carbocycles. The Kier molecular flexibility index (Phi) is 4.48. The summed E-state index contributed by atoms with van der Waals surface area (Å²) < 4.78 is 7.49. The van der Waals surface area contributed by atoms with E-state index in [2.05, 4.69) is 11.2 Å². The molecule has 2 rings (SSSR count). The number of nitrogens with zero attached hydrogens (tertiary/aromatic N) is 3. The number of rotatable bonds is 5. The van der Waals surface area contributed by atoms with Crippen LogP contribution >= 0.6 is 11.8 Å². The van der Waals surface area contributed by atoms with Crippen molar-refractivity contribution in [1.29, 1.82) is 5.26 Å². The van der Waals surface area contributed by atoms with Gasteiger partial charge in [0.2, 0.25) is 0 Å². The zero-order valence-corrected chi connectivity index (χ0v) is 11.8. The molecule has 19 heavy (non-hydrogen) atoms. The zero-order valence-electron chi connectivity index (χ0n) is 11.0. The highest BCUT2D eigenvalue weighted by molar-refractivity contribution is 7.99. The van der Waals surface area contributed by atoms with E-state index in [1.807, 2.05) is 42.9 Å². The van der Waals surface area contributed by atoms with Crippen molar-refractivity contribution in [3.05, 3.63) is 41.6 Å². The van der Waals surface area contributed by atoms with E-state index >= 15 is 0 Å². The Bertz CT molecular complexity index is 601. The molecule has 0 radical (unpaired) electrons. The Labute approximate surface area is 117 Å². The number of nitriles is 1. The first-order valence-electron chi connectivity index (χ1n) is 5.96. The van der Waals surface area contributed by atoms with E-state index < -0.39 is 0 Å². The van der Waals surface area contributed by atoms with Crippen LogP contribution in [0.2, 0.25) is 0 Å². The second kappa shape index (κ2) is 6.30. The van der Waals surface area contributed by atoms with E-state index in [1.165, 1.54) is 0 Å². The zero-order chi connectivity index (χ0) is 13.7. The molecule has 0 N–H and O–H groups in total. The summed E-state index contributed by atoms with van der Waals surface area (Å²) in [5.74, 6) is 1.46. The van der Waals surface area contributed by atoms with Crippen LogP contribution in [0.15, 0.2) is 35.4 Å². The van der Waals surface area contributed by atoms with Gasteiger partial charge in [-0.3, -0.25) is 4.68 Å². The average Bonchev–Trinajstić information content (AvgIpc) is 2.73. The molecule has 0 saturated heterocycles. The Balaban J connectivity index is 1.84. The summed E-state index contributed by atoms with van der Waals surface area (Å²) in [6.07, 6.45) is 0. The third-order valence-corrected chi connectivity index (χ3v) is 3.61. The number of ether oxygens (including phenoxy) is 1.